The van der Waals surface area contributed by atoms with Gasteiger partial charge >= 0.3 is 0 Å². The van der Waals surface area contributed by atoms with E-state index in [0.29, 0.717) is 11.3 Å². The number of anilines is 1. The number of sulfonamides is 1. The summed E-state index contributed by atoms with van der Waals surface area (Å²) in [5.74, 6) is 0. The third-order valence-electron chi connectivity index (χ3n) is 3.73. The van der Waals surface area contributed by atoms with Crippen LogP contribution in [0.4, 0.5) is 11.4 Å². The molecule has 0 aliphatic heterocycles. The SMILES string of the molecule is CCN(c1cc(C)cc(C)c1)S(=O)(=O)c1cc([N+](=O)[O-])ccc1C. The molecule has 0 aliphatic carbocycles. The molecule has 0 aromatic heterocycles. The third kappa shape index (κ3) is 3.41. The third-order valence-corrected chi connectivity index (χ3v) is 5.78. The van der Waals surface area contributed by atoms with E-state index >= 15 is 0 Å². The molecule has 0 unspecified atom stereocenters. The zero-order valence-electron chi connectivity index (χ0n) is 14.1. The molecule has 0 radical (unpaired) electrons. The van der Waals surface area contributed by atoms with Gasteiger partial charge in [-0.15, -0.1) is 0 Å². The average Bonchev–Trinajstić information content (AvgIpc) is 2.46. The van der Waals surface area contributed by atoms with Crippen LogP contribution in [-0.2, 0) is 10.0 Å². The van der Waals surface area contributed by atoms with Gasteiger partial charge in [-0.05, 0) is 56.5 Å². The molecule has 0 spiro atoms. The summed E-state index contributed by atoms with van der Waals surface area (Å²) < 4.78 is 27.4. The minimum atomic E-state index is -3.90. The molecule has 0 aliphatic rings. The van der Waals surface area contributed by atoms with Crippen LogP contribution in [0.5, 0.6) is 0 Å². The molecule has 128 valence electrons. The fourth-order valence-electron chi connectivity index (χ4n) is 2.68. The molecule has 24 heavy (non-hydrogen) atoms. The van der Waals surface area contributed by atoms with Crippen molar-refractivity contribution in [2.45, 2.75) is 32.6 Å². The van der Waals surface area contributed by atoms with Gasteiger partial charge in [-0.1, -0.05) is 12.1 Å². The second-order valence-corrected chi connectivity index (χ2v) is 7.55. The second-order valence-electron chi connectivity index (χ2n) is 5.72. The Hall–Kier alpha value is -2.41. The maximum atomic E-state index is 13.1. The lowest BCUT2D eigenvalue weighted by Gasteiger charge is -2.24. The Morgan fingerprint density at radius 2 is 1.62 bits per heavy atom. The minimum absolute atomic E-state index is 0.0438. The molecule has 0 amide bonds. The molecule has 2 aromatic carbocycles. The van der Waals surface area contributed by atoms with Gasteiger partial charge in [-0.3, -0.25) is 14.4 Å². The Morgan fingerprint density at radius 1 is 1.04 bits per heavy atom. The molecule has 0 heterocycles. The Labute approximate surface area is 141 Å². The summed E-state index contributed by atoms with van der Waals surface area (Å²) in [4.78, 5) is 10.4. The lowest BCUT2D eigenvalue weighted by atomic mass is 10.1. The summed E-state index contributed by atoms with van der Waals surface area (Å²) in [6.07, 6.45) is 0. The second kappa shape index (κ2) is 6.60. The van der Waals surface area contributed by atoms with E-state index in [1.54, 1.807) is 26.0 Å². The van der Waals surface area contributed by atoms with Crippen molar-refractivity contribution in [2.24, 2.45) is 0 Å². The molecular weight excluding hydrogens is 328 g/mol. The summed E-state index contributed by atoms with van der Waals surface area (Å²) in [5, 5.41) is 11.0. The lowest BCUT2D eigenvalue weighted by molar-refractivity contribution is -0.385. The predicted molar refractivity (Wildman–Crippen MR) is 94.0 cm³/mol. The smallest absolute Gasteiger partial charge is 0.267 e. The van der Waals surface area contributed by atoms with Crippen LogP contribution in [0.2, 0.25) is 0 Å². The van der Waals surface area contributed by atoms with Crippen LogP contribution in [0.25, 0.3) is 0 Å². The highest BCUT2D eigenvalue weighted by Gasteiger charge is 2.27. The van der Waals surface area contributed by atoms with Crippen molar-refractivity contribution in [1.82, 2.24) is 0 Å². The average molecular weight is 348 g/mol. The number of rotatable bonds is 5. The maximum Gasteiger partial charge on any atom is 0.270 e. The first-order valence-corrected chi connectivity index (χ1v) is 8.97. The molecule has 6 nitrogen and oxygen atoms in total. The molecule has 0 saturated carbocycles. The van der Waals surface area contributed by atoms with Crippen LogP contribution in [0.1, 0.15) is 23.6 Å². The van der Waals surface area contributed by atoms with Crippen molar-refractivity contribution in [3.05, 3.63) is 63.2 Å². The van der Waals surface area contributed by atoms with E-state index < -0.39 is 14.9 Å². The normalized spacial score (nSPS) is 11.3. The van der Waals surface area contributed by atoms with Crippen molar-refractivity contribution in [3.8, 4) is 0 Å². The molecule has 2 aromatic rings. The van der Waals surface area contributed by atoms with Crippen molar-refractivity contribution in [1.29, 1.82) is 0 Å². The van der Waals surface area contributed by atoms with Gasteiger partial charge < -0.3 is 0 Å². The number of aryl methyl sites for hydroxylation is 3. The Balaban J connectivity index is 2.63. The highest BCUT2D eigenvalue weighted by molar-refractivity contribution is 7.92. The topological polar surface area (TPSA) is 80.5 Å². The Kier molecular flexibility index (Phi) is 4.94. The van der Waals surface area contributed by atoms with Gasteiger partial charge in [0.2, 0.25) is 0 Å². The number of benzene rings is 2. The number of non-ortho nitro benzene ring substituents is 1. The van der Waals surface area contributed by atoms with E-state index in [1.807, 2.05) is 19.9 Å². The van der Waals surface area contributed by atoms with Crippen molar-refractivity contribution in [2.75, 3.05) is 10.8 Å². The predicted octanol–water partition coefficient (Wildman–Crippen LogP) is 3.74. The lowest BCUT2D eigenvalue weighted by Crippen LogP contribution is -2.31. The monoisotopic (exact) mass is 348 g/mol. The molecule has 7 heteroatoms. The van der Waals surface area contributed by atoms with Gasteiger partial charge in [0.15, 0.2) is 0 Å². The van der Waals surface area contributed by atoms with E-state index in [2.05, 4.69) is 0 Å². The van der Waals surface area contributed by atoms with Gasteiger partial charge in [0.25, 0.3) is 15.7 Å². The van der Waals surface area contributed by atoms with Crippen LogP contribution in [0.15, 0.2) is 41.3 Å². The summed E-state index contributed by atoms with van der Waals surface area (Å²) >= 11 is 0. The van der Waals surface area contributed by atoms with Crippen LogP contribution in [0.3, 0.4) is 0 Å². The summed E-state index contributed by atoms with van der Waals surface area (Å²) in [7, 11) is -3.90. The van der Waals surface area contributed by atoms with E-state index in [4.69, 9.17) is 0 Å². The molecule has 0 fully saturated rings. The molecule has 0 atom stereocenters. The van der Waals surface area contributed by atoms with Gasteiger partial charge in [0, 0.05) is 18.7 Å². The number of nitro groups is 1. The Morgan fingerprint density at radius 3 is 2.12 bits per heavy atom. The standard InChI is InChI=1S/C17H20N2O4S/c1-5-18(16-9-12(2)8-13(3)10-16)24(22,23)17-11-15(19(20)21)7-6-14(17)4/h6-11H,5H2,1-4H3. The van der Waals surface area contributed by atoms with Crippen molar-refractivity contribution >= 4 is 21.4 Å². The molecule has 0 N–H and O–H groups in total. The summed E-state index contributed by atoms with van der Waals surface area (Å²) in [6.45, 7) is 7.40. The van der Waals surface area contributed by atoms with Gasteiger partial charge in [-0.2, -0.15) is 0 Å². The van der Waals surface area contributed by atoms with Crippen LogP contribution < -0.4 is 4.31 Å². The number of nitrogens with zero attached hydrogens (tertiary/aromatic N) is 2. The first-order valence-electron chi connectivity index (χ1n) is 7.53. The largest absolute Gasteiger partial charge is 0.270 e. The fraction of sp³-hybridized carbons (Fsp3) is 0.294. The first kappa shape index (κ1) is 17.9. The van der Waals surface area contributed by atoms with E-state index in [0.717, 1.165) is 17.2 Å². The van der Waals surface area contributed by atoms with Gasteiger partial charge in [0.1, 0.15) is 0 Å². The van der Waals surface area contributed by atoms with Crippen LogP contribution in [-0.4, -0.2) is 19.9 Å². The number of nitro benzene ring substituents is 1. The van der Waals surface area contributed by atoms with Crippen molar-refractivity contribution < 1.29 is 13.3 Å². The number of hydrogen-bond donors (Lipinski definition) is 0. The highest BCUT2D eigenvalue weighted by Crippen LogP contribution is 2.29. The molecule has 2 rings (SSSR count). The van der Waals surface area contributed by atoms with Crippen LogP contribution in [0, 0.1) is 30.9 Å². The number of hydrogen-bond acceptors (Lipinski definition) is 4. The summed E-state index contributed by atoms with van der Waals surface area (Å²) in [6, 6.07) is 9.43. The van der Waals surface area contributed by atoms with E-state index in [9.17, 15) is 18.5 Å². The summed E-state index contributed by atoms with van der Waals surface area (Å²) in [5.41, 5.74) is 2.70. The quantitative estimate of drug-likeness (QED) is 0.609. The maximum absolute atomic E-state index is 13.1. The zero-order chi connectivity index (χ0) is 18.1. The van der Waals surface area contributed by atoms with Gasteiger partial charge in [0.05, 0.1) is 15.5 Å². The minimum Gasteiger partial charge on any atom is -0.267 e. The first-order chi connectivity index (χ1) is 11.2. The van der Waals surface area contributed by atoms with E-state index in [1.165, 1.54) is 16.4 Å². The van der Waals surface area contributed by atoms with E-state index in [-0.39, 0.29) is 17.1 Å². The Bertz CT molecular complexity index is 871. The fourth-order valence-corrected chi connectivity index (χ4v) is 4.39. The highest BCUT2D eigenvalue weighted by atomic mass is 32.2. The zero-order valence-corrected chi connectivity index (χ0v) is 14.9. The van der Waals surface area contributed by atoms with Gasteiger partial charge in [-0.25, -0.2) is 8.42 Å². The molecule has 0 bridgehead atoms. The molecule has 0 saturated heterocycles. The van der Waals surface area contributed by atoms with Crippen molar-refractivity contribution in [3.63, 3.8) is 0 Å². The molecular formula is C17H20N2O4S. The van der Waals surface area contributed by atoms with Crippen LogP contribution >= 0.6 is 0 Å².